The topological polar surface area (TPSA) is 38.8 Å². The van der Waals surface area contributed by atoms with Crippen molar-refractivity contribution < 1.29 is 14.3 Å². The first-order valence-corrected chi connectivity index (χ1v) is 9.59. The van der Waals surface area contributed by atoms with Crippen molar-refractivity contribution >= 4 is 23.4 Å². The number of benzene rings is 2. The lowest BCUT2D eigenvalue weighted by Crippen LogP contribution is -2.37. The van der Waals surface area contributed by atoms with E-state index in [-0.39, 0.29) is 11.9 Å². The highest BCUT2D eigenvalue weighted by atomic mass is 32.2. The molecule has 5 heteroatoms. The van der Waals surface area contributed by atoms with Crippen LogP contribution in [0.2, 0.25) is 0 Å². The van der Waals surface area contributed by atoms with Gasteiger partial charge < -0.3 is 14.4 Å². The summed E-state index contributed by atoms with van der Waals surface area (Å²) in [5.41, 5.74) is 2.33. The molecule has 0 radical (unpaired) electrons. The standard InChI is InChI=1S/C20H23NO3S/c1-15-13-16-5-3-4-6-19(16)21(15)20(22)14-25-12-11-24-18-9-7-17(23-2)8-10-18/h3-10,15H,11-14H2,1-2H3. The molecule has 1 aliphatic heterocycles. The first kappa shape index (κ1) is 17.7. The monoisotopic (exact) mass is 357 g/mol. The summed E-state index contributed by atoms with van der Waals surface area (Å²) < 4.78 is 10.8. The maximum atomic E-state index is 12.6. The average molecular weight is 357 g/mol. The molecule has 1 heterocycles. The number of amides is 1. The number of carbonyl (C=O) groups is 1. The average Bonchev–Trinajstić information content (AvgIpc) is 2.97. The summed E-state index contributed by atoms with van der Waals surface area (Å²) in [7, 11) is 1.64. The van der Waals surface area contributed by atoms with Gasteiger partial charge in [0.2, 0.25) is 5.91 Å². The molecule has 1 aliphatic rings. The van der Waals surface area contributed by atoms with Crippen LogP contribution in [0.3, 0.4) is 0 Å². The minimum atomic E-state index is 0.173. The van der Waals surface area contributed by atoms with Crippen molar-refractivity contribution in [1.82, 2.24) is 0 Å². The number of anilines is 1. The van der Waals surface area contributed by atoms with E-state index in [2.05, 4.69) is 13.0 Å². The number of thioether (sulfide) groups is 1. The maximum Gasteiger partial charge on any atom is 0.237 e. The molecule has 132 valence electrons. The van der Waals surface area contributed by atoms with Crippen molar-refractivity contribution in [2.24, 2.45) is 0 Å². The maximum absolute atomic E-state index is 12.6. The summed E-state index contributed by atoms with van der Waals surface area (Å²) >= 11 is 1.61. The van der Waals surface area contributed by atoms with Crippen molar-refractivity contribution in [3.8, 4) is 11.5 Å². The zero-order valence-electron chi connectivity index (χ0n) is 14.6. The Morgan fingerprint density at radius 2 is 1.88 bits per heavy atom. The van der Waals surface area contributed by atoms with Crippen LogP contribution < -0.4 is 14.4 Å². The van der Waals surface area contributed by atoms with Gasteiger partial charge in [0.15, 0.2) is 0 Å². The highest BCUT2D eigenvalue weighted by Gasteiger charge is 2.29. The molecular formula is C20H23NO3S. The van der Waals surface area contributed by atoms with Gasteiger partial charge >= 0.3 is 0 Å². The van der Waals surface area contributed by atoms with E-state index in [1.807, 2.05) is 47.4 Å². The first-order valence-electron chi connectivity index (χ1n) is 8.43. The molecule has 2 aromatic carbocycles. The van der Waals surface area contributed by atoms with E-state index in [1.165, 1.54) is 5.56 Å². The third-order valence-corrected chi connectivity index (χ3v) is 5.16. The molecule has 1 atom stereocenters. The number of ether oxygens (including phenoxy) is 2. The second-order valence-corrected chi connectivity index (χ2v) is 7.13. The lowest BCUT2D eigenvalue weighted by molar-refractivity contribution is -0.116. The van der Waals surface area contributed by atoms with Crippen LogP contribution in [0.1, 0.15) is 12.5 Å². The summed E-state index contributed by atoms with van der Waals surface area (Å²) in [6.07, 6.45) is 0.938. The van der Waals surface area contributed by atoms with E-state index in [1.54, 1.807) is 18.9 Å². The van der Waals surface area contributed by atoms with Gasteiger partial charge in [0, 0.05) is 17.5 Å². The van der Waals surface area contributed by atoms with Gasteiger partial charge in [-0.1, -0.05) is 18.2 Å². The molecule has 1 amide bonds. The van der Waals surface area contributed by atoms with Crippen LogP contribution in [-0.2, 0) is 11.2 Å². The molecule has 3 rings (SSSR count). The normalized spacial score (nSPS) is 15.8. The van der Waals surface area contributed by atoms with E-state index < -0.39 is 0 Å². The number of hydrogen-bond donors (Lipinski definition) is 0. The molecule has 4 nitrogen and oxygen atoms in total. The second-order valence-electron chi connectivity index (χ2n) is 6.02. The second kappa shape index (κ2) is 8.30. The van der Waals surface area contributed by atoms with Crippen LogP contribution in [0.4, 0.5) is 5.69 Å². The van der Waals surface area contributed by atoms with Gasteiger partial charge in [0.25, 0.3) is 0 Å². The Hall–Kier alpha value is -2.14. The fraction of sp³-hybridized carbons (Fsp3) is 0.350. The SMILES string of the molecule is COc1ccc(OCCSCC(=O)N2c3ccccc3CC2C)cc1. The highest BCUT2D eigenvalue weighted by molar-refractivity contribution is 7.99. The molecule has 0 bridgehead atoms. The number of fused-ring (bicyclic) bond motifs is 1. The molecule has 0 saturated heterocycles. The van der Waals surface area contributed by atoms with Crippen molar-refractivity contribution in [1.29, 1.82) is 0 Å². The van der Waals surface area contributed by atoms with Crippen LogP contribution in [-0.4, -0.2) is 37.2 Å². The zero-order chi connectivity index (χ0) is 17.6. The minimum Gasteiger partial charge on any atom is -0.497 e. The molecule has 0 aromatic heterocycles. The Balaban J connectivity index is 1.42. The highest BCUT2D eigenvalue weighted by Crippen LogP contribution is 2.32. The van der Waals surface area contributed by atoms with Crippen LogP contribution >= 0.6 is 11.8 Å². The third-order valence-electron chi connectivity index (χ3n) is 4.26. The Labute approximate surface area is 153 Å². The largest absolute Gasteiger partial charge is 0.497 e. The summed E-state index contributed by atoms with van der Waals surface area (Å²) in [6, 6.07) is 15.9. The van der Waals surface area contributed by atoms with E-state index in [0.717, 1.165) is 29.4 Å². The Bertz CT molecular complexity index is 717. The number of nitrogens with zero attached hydrogens (tertiary/aromatic N) is 1. The third kappa shape index (κ3) is 4.28. The molecule has 2 aromatic rings. The summed E-state index contributed by atoms with van der Waals surface area (Å²) in [5.74, 6) is 3.06. The molecule has 0 spiro atoms. The van der Waals surface area contributed by atoms with E-state index in [9.17, 15) is 4.79 Å². The molecule has 0 aliphatic carbocycles. The predicted molar refractivity (Wildman–Crippen MR) is 103 cm³/mol. The van der Waals surface area contributed by atoms with Crippen molar-refractivity contribution in [2.75, 3.05) is 30.1 Å². The van der Waals surface area contributed by atoms with Crippen LogP contribution in [0.5, 0.6) is 11.5 Å². The Kier molecular flexibility index (Phi) is 5.87. The van der Waals surface area contributed by atoms with E-state index in [4.69, 9.17) is 9.47 Å². The fourth-order valence-corrected chi connectivity index (χ4v) is 3.72. The van der Waals surface area contributed by atoms with Crippen LogP contribution in [0.15, 0.2) is 48.5 Å². The summed E-state index contributed by atoms with van der Waals surface area (Å²) in [5, 5.41) is 0. The van der Waals surface area contributed by atoms with Crippen LogP contribution in [0, 0.1) is 0 Å². The minimum absolute atomic E-state index is 0.173. The number of carbonyl (C=O) groups excluding carboxylic acids is 1. The first-order chi connectivity index (χ1) is 12.2. The smallest absolute Gasteiger partial charge is 0.237 e. The quantitative estimate of drug-likeness (QED) is 0.707. The van der Waals surface area contributed by atoms with Gasteiger partial charge in [0.05, 0.1) is 19.5 Å². The van der Waals surface area contributed by atoms with Gasteiger partial charge in [0.1, 0.15) is 11.5 Å². The lowest BCUT2D eigenvalue weighted by Gasteiger charge is -2.22. The fourth-order valence-electron chi connectivity index (χ4n) is 3.07. The number of methoxy groups -OCH3 is 1. The predicted octanol–water partition coefficient (Wildman–Crippen LogP) is 3.79. The van der Waals surface area contributed by atoms with Gasteiger partial charge in [-0.05, 0) is 49.2 Å². The van der Waals surface area contributed by atoms with Crippen molar-refractivity contribution in [3.05, 3.63) is 54.1 Å². The lowest BCUT2D eigenvalue weighted by atomic mass is 10.1. The Morgan fingerprint density at radius 1 is 1.16 bits per heavy atom. The zero-order valence-corrected chi connectivity index (χ0v) is 15.4. The summed E-state index contributed by atoms with van der Waals surface area (Å²) in [4.78, 5) is 14.5. The van der Waals surface area contributed by atoms with Gasteiger partial charge in [-0.2, -0.15) is 0 Å². The molecule has 0 fully saturated rings. The van der Waals surface area contributed by atoms with Gasteiger partial charge in [-0.15, -0.1) is 11.8 Å². The summed E-state index contributed by atoms with van der Waals surface area (Å²) in [6.45, 7) is 2.69. The van der Waals surface area contributed by atoms with E-state index in [0.29, 0.717) is 12.4 Å². The van der Waals surface area contributed by atoms with Crippen molar-refractivity contribution in [2.45, 2.75) is 19.4 Å². The molecule has 1 unspecified atom stereocenters. The molecule has 0 saturated carbocycles. The van der Waals surface area contributed by atoms with E-state index >= 15 is 0 Å². The van der Waals surface area contributed by atoms with Crippen LogP contribution in [0.25, 0.3) is 0 Å². The van der Waals surface area contributed by atoms with Crippen molar-refractivity contribution in [3.63, 3.8) is 0 Å². The van der Waals surface area contributed by atoms with Gasteiger partial charge in [-0.25, -0.2) is 0 Å². The Morgan fingerprint density at radius 3 is 2.64 bits per heavy atom. The number of para-hydroxylation sites is 1. The number of rotatable bonds is 7. The molecule has 25 heavy (non-hydrogen) atoms. The van der Waals surface area contributed by atoms with Gasteiger partial charge in [-0.3, -0.25) is 4.79 Å². The number of hydrogen-bond acceptors (Lipinski definition) is 4. The molecular weight excluding hydrogens is 334 g/mol. The molecule has 0 N–H and O–H groups in total.